The van der Waals surface area contributed by atoms with Gasteiger partial charge in [-0.15, -0.1) is 0 Å². The minimum Gasteiger partial charge on any atom is -0.337 e. The number of hydrogen-bond acceptors (Lipinski definition) is 3. The first-order valence-electron chi connectivity index (χ1n) is 6.64. The highest BCUT2D eigenvalue weighted by molar-refractivity contribution is 5.94. The fraction of sp³-hybridized carbons (Fsp3) is 0.438. The first kappa shape index (κ1) is 16.7. The molecule has 5 heteroatoms. The van der Waals surface area contributed by atoms with Crippen LogP contribution >= 0.6 is 0 Å². The van der Waals surface area contributed by atoms with Gasteiger partial charge in [0.15, 0.2) is 0 Å². The second-order valence-corrected chi connectivity index (χ2v) is 6.00. The summed E-state index contributed by atoms with van der Waals surface area (Å²) in [6, 6.07) is 7.47. The maximum atomic E-state index is 13.3. The summed E-state index contributed by atoms with van der Waals surface area (Å²) < 4.78 is 13.3. The van der Waals surface area contributed by atoms with Gasteiger partial charge < -0.3 is 4.90 Å². The summed E-state index contributed by atoms with van der Waals surface area (Å²) in [7, 11) is 0. The molecule has 0 unspecified atom stereocenters. The molecule has 0 bridgehead atoms. The minimum atomic E-state index is -0.645. The number of nitrogens with zero attached hydrogens (tertiary/aromatic N) is 3. The Kier molecular flexibility index (Phi) is 5.44. The fourth-order valence-electron chi connectivity index (χ4n) is 1.94. The molecule has 4 nitrogen and oxygen atoms in total. The summed E-state index contributed by atoms with van der Waals surface area (Å²) in [5.74, 6) is -0.940. The number of amides is 1. The van der Waals surface area contributed by atoms with E-state index in [1.165, 1.54) is 12.1 Å². The van der Waals surface area contributed by atoms with Crippen LogP contribution in [0.25, 0.3) is 0 Å². The van der Waals surface area contributed by atoms with Crippen LogP contribution in [0.3, 0.4) is 0 Å². The third kappa shape index (κ3) is 4.89. The maximum absolute atomic E-state index is 13.3. The molecule has 0 aliphatic heterocycles. The van der Waals surface area contributed by atoms with Gasteiger partial charge in [-0.1, -0.05) is 20.8 Å². The molecule has 1 aromatic carbocycles. The van der Waals surface area contributed by atoms with Gasteiger partial charge in [0.1, 0.15) is 11.9 Å². The van der Waals surface area contributed by atoms with E-state index in [-0.39, 0.29) is 28.9 Å². The maximum Gasteiger partial charge on any atom is 0.253 e. The number of hydrogen-bond donors (Lipinski definition) is 0. The molecule has 1 aromatic rings. The zero-order valence-corrected chi connectivity index (χ0v) is 12.5. The molecule has 0 aromatic heterocycles. The first-order valence-corrected chi connectivity index (χ1v) is 6.64. The zero-order chi connectivity index (χ0) is 16.0. The van der Waals surface area contributed by atoms with Crippen molar-refractivity contribution in [1.82, 2.24) is 4.90 Å². The van der Waals surface area contributed by atoms with Crippen molar-refractivity contribution >= 4 is 5.91 Å². The number of benzene rings is 1. The van der Waals surface area contributed by atoms with Crippen molar-refractivity contribution in [2.75, 3.05) is 13.1 Å². The van der Waals surface area contributed by atoms with Crippen LogP contribution in [0.5, 0.6) is 0 Å². The summed E-state index contributed by atoms with van der Waals surface area (Å²) in [5, 5.41) is 17.5. The second-order valence-electron chi connectivity index (χ2n) is 6.00. The predicted molar refractivity (Wildman–Crippen MR) is 76.7 cm³/mol. The quantitative estimate of drug-likeness (QED) is 0.854. The number of carbonyl (C=O) groups excluding carboxylic acids is 1. The summed E-state index contributed by atoms with van der Waals surface area (Å²) in [6.45, 7) is 6.76. The van der Waals surface area contributed by atoms with E-state index < -0.39 is 5.82 Å². The van der Waals surface area contributed by atoms with Gasteiger partial charge in [-0.05, 0) is 23.6 Å². The van der Waals surface area contributed by atoms with Crippen molar-refractivity contribution in [2.45, 2.75) is 27.2 Å². The van der Waals surface area contributed by atoms with E-state index in [1.54, 1.807) is 11.0 Å². The van der Waals surface area contributed by atoms with Gasteiger partial charge in [-0.25, -0.2) is 4.39 Å². The Hall–Kier alpha value is -2.40. The molecule has 0 N–H and O–H groups in total. The summed E-state index contributed by atoms with van der Waals surface area (Å²) in [5.41, 5.74) is -0.0181. The van der Waals surface area contributed by atoms with Crippen molar-refractivity contribution in [1.29, 1.82) is 10.5 Å². The highest BCUT2D eigenvalue weighted by Gasteiger charge is 2.22. The third-order valence-electron chi connectivity index (χ3n) is 2.78. The number of halogens is 1. The Morgan fingerprint density at radius 2 is 2.00 bits per heavy atom. The molecule has 0 aliphatic rings. The Balaban J connectivity index is 3.05. The summed E-state index contributed by atoms with van der Waals surface area (Å²) >= 11 is 0. The highest BCUT2D eigenvalue weighted by atomic mass is 19.1. The van der Waals surface area contributed by atoms with Crippen LogP contribution < -0.4 is 0 Å². The van der Waals surface area contributed by atoms with Gasteiger partial charge >= 0.3 is 0 Å². The molecule has 0 fully saturated rings. The molecule has 0 atom stereocenters. The van der Waals surface area contributed by atoms with E-state index in [9.17, 15) is 9.18 Å². The van der Waals surface area contributed by atoms with Crippen LogP contribution in [0.4, 0.5) is 4.39 Å². The largest absolute Gasteiger partial charge is 0.337 e. The SMILES string of the molecule is CC(C)(C)CN(CCC#N)C(=O)c1ccc(F)c(C#N)c1. The lowest BCUT2D eigenvalue weighted by molar-refractivity contribution is 0.0700. The van der Waals surface area contributed by atoms with Crippen LogP contribution in [0.15, 0.2) is 18.2 Å². The van der Waals surface area contributed by atoms with Gasteiger partial charge in [0.25, 0.3) is 5.91 Å². The topological polar surface area (TPSA) is 67.9 Å². The van der Waals surface area contributed by atoms with Crippen molar-refractivity contribution in [3.05, 3.63) is 35.1 Å². The first-order chi connectivity index (χ1) is 9.78. The van der Waals surface area contributed by atoms with Crippen LogP contribution in [0.1, 0.15) is 43.1 Å². The lowest BCUT2D eigenvalue weighted by Crippen LogP contribution is -2.38. The molecule has 0 heterocycles. The average molecular weight is 287 g/mol. The fourth-order valence-corrected chi connectivity index (χ4v) is 1.94. The Bertz CT molecular complexity index is 605. The smallest absolute Gasteiger partial charge is 0.253 e. The molecule has 0 saturated carbocycles. The predicted octanol–water partition coefficient (Wildman–Crippen LogP) is 3.10. The lowest BCUT2D eigenvalue weighted by atomic mass is 9.95. The van der Waals surface area contributed by atoms with Gasteiger partial charge in [-0.2, -0.15) is 10.5 Å². The van der Waals surface area contributed by atoms with E-state index in [2.05, 4.69) is 0 Å². The van der Waals surface area contributed by atoms with Crippen molar-refractivity contribution < 1.29 is 9.18 Å². The third-order valence-corrected chi connectivity index (χ3v) is 2.78. The molecule has 1 amide bonds. The molecule has 0 radical (unpaired) electrons. The molecule has 1 rings (SSSR count). The average Bonchev–Trinajstić information content (AvgIpc) is 2.42. The van der Waals surface area contributed by atoms with Gasteiger partial charge in [0.05, 0.1) is 18.1 Å². The zero-order valence-electron chi connectivity index (χ0n) is 12.5. The van der Waals surface area contributed by atoms with E-state index in [0.717, 1.165) is 6.07 Å². The molecule has 0 spiro atoms. The van der Waals surface area contributed by atoms with Crippen molar-refractivity contribution in [3.8, 4) is 12.1 Å². The van der Waals surface area contributed by atoms with Gasteiger partial charge in [0.2, 0.25) is 0 Å². The van der Waals surface area contributed by atoms with Crippen molar-refractivity contribution in [2.24, 2.45) is 5.41 Å². The van der Waals surface area contributed by atoms with Crippen LogP contribution in [0, 0.1) is 33.9 Å². The van der Waals surface area contributed by atoms with E-state index in [1.807, 2.05) is 26.8 Å². The second kappa shape index (κ2) is 6.85. The summed E-state index contributed by atoms with van der Waals surface area (Å²) in [4.78, 5) is 14.1. The van der Waals surface area contributed by atoms with E-state index in [0.29, 0.717) is 13.1 Å². The minimum absolute atomic E-state index is 0.122. The van der Waals surface area contributed by atoms with Crippen LogP contribution in [-0.4, -0.2) is 23.9 Å². The molecule has 0 saturated heterocycles. The molecular formula is C16H18FN3O. The highest BCUT2D eigenvalue weighted by Crippen LogP contribution is 2.18. The molecule has 21 heavy (non-hydrogen) atoms. The lowest BCUT2D eigenvalue weighted by Gasteiger charge is -2.29. The van der Waals surface area contributed by atoms with Crippen LogP contribution in [0.2, 0.25) is 0 Å². The van der Waals surface area contributed by atoms with Gasteiger partial charge in [0, 0.05) is 18.7 Å². The Morgan fingerprint density at radius 1 is 1.33 bits per heavy atom. The monoisotopic (exact) mass is 287 g/mol. The molecule has 110 valence electrons. The molecular weight excluding hydrogens is 269 g/mol. The van der Waals surface area contributed by atoms with Crippen molar-refractivity contribution in [3.63, 3.8) is 0 Å². The molecule has 0 aliphatic carbocycles. The number of nitriles is 2. The Morgan fingerprint density at radius 3 is 2.52 bits per heavy atom. The number of rotatable bonds is 4. The summed E-state index contributed by atoms with van der Waals surface area (Å²) in [6.07, 6.45) is 0.230. The number of carbonyl (C=O) groups is 1. The normalized spacial score (nSPS) is 10.6. The van der Waals surface area contributed by atoms with Crippen LogP contribution in [-0.2, 0) is 0 Å². The Labute approximate surface area is 124 Å². The van der Waals surface area contributed by atoms with Gasteiger partial charge in [-0.3, -0.25) is 4.79 Å². The van der Waals surface area contributed by atoms with E-state index >= 15 is 0 Å². The van der Waals surface area contributed by atoms with E-state index in [4.69, 9.17) is 10.5 Å². The standard InChI is InChI=1S/C16H18FN3O/c1-16(2,3)11-20(8-4-7-18)15(21)12-5-6-14(17)13(9-12)10-19/h5-6,9H,4,8,11H2,1-3H3.